The summed E-state index contributed by atoms with van der Waals surface area (Å²) < 4.78 is 13.2. The minimum atomic E-state index is -0.273. The summed E-state index contributed by atoms with van der Waals surface area (Å²) in [7, 11) is 0. The van der Waals surface area contributed by atoms with E-state index in [1.807, 2.05) is 34.1 Å². The Morgan fingerprint density at radius 1 is 1.03 bits per heavy atom. The van der Waals surface area contributed by atoms with Gasteiger partial charge in [-0.05, 0) is 48.2 Å². The van der Waals surface area contributed by atoms with Gasteiger partial charge in [-0.25, -0.2) is 4.39 Å². The van der Waals surface area contributed by atoms with Gasteiger partial charge in [0.15, 0.2) is 0 Å². The SMILES string of the molecule is CCCCCN(Cc1ccc(F)cc1)C(=O)c1ccc(CN2CCCC2=O)cc1. The summed E-state index contributed by atoms with van der Waals surface area (Å²) in [6, 6.07) is 13.9. The highest BCUT2D eigenvalue weighted by Crippen LogP contribution is 2.17. The van der Waals surface area contributed by atoms with Gasteiger partial charge in [-0.2, -0.15) is 0 Å². The third-order valence-corrected chi connectivity index (χ3v) is 5.35. The normalized spacial score (nSPS) is 13.7. The number of rotatable bonds is 9. The molecule has 0 aliphatic carbocycles. The zero-order chi connectivity index (χ0) is 20.6. The van der Waals surface area contributed by atoms with Crippen LogP contribution >= 0.6 is 0 Å². The molecule has 2 aromatic carbocycles. The first-order valence-electron chi connectivity index (χ1n) is 10.5. The Bertz CT molecular complexity index is 818. The van der Waals surface area contributed by atoms with E-state index in [-0.39, 0.29) is 17.6 Å². The van der Waals surface area contributed by atoms with Gasteiger partial charge in [0.2, 0.25) is 5.91 Å². The fraction of sp³-hybridized carbons (Fsp3) is 0.417. The lowest BCUT2D eigenvalue weighted by Gasteiger charge is -2.23. The first kappa shape index (κ1) is 21.0. The van der Waals surface area contributed by atoms with Gasteiger partial charge >= 0.3 is 0 Å². The van der Waals surface area contributed by atoms with Crippen molar-refractivity contribution in [2.75, 3.05) is 13.1 Å². The van der Waals surface area contributed by atoms with Crippen LogP contribution in [0.5, 0.6) is 0 Å². The standard InChI is InChI=1S/C24H29FN2O2/c1-2-3-4-15-27(18-20-9-13-22(25)14-10-20)24(29)21-11-7-19(8-12-21)17-26-16-5-6-23(26)28/h7-14H,2-6,15-18H2,1H3. The zero-order valence-electron chi connectivity index (χ0n) is 17.1. The molecule has 0 aromatic heterocycles. The van der Waals surface area contributed by atoms with Crippen LogP contribution in [0.1, 0.15) is 60.5 Å². The minimum absolute atomic E-state index is 0.0192. The molecule has 3 rings (SSSR count). The van der Waals surface area contributed by atoms with E-state index in [1.54, 1.807) is 12.1 Å². The zero-order valence-corrected chi connectivity index (χ0v) is 17.1. The number of carbonyl (C=O) groups is 2. The first-order chi connectivity index (χ1) is 14.1. The van der Waals surface area contributed by atoms with Gasteiger partial charge in [0, 0.05) is 38.2 Å². The largest absolute Gasteiger partial charge is 0.338 e. The van der Waals surface area contributed by atoms with E-state index in [1.165, 1.54) is 12.1 Å². The Hall–Kier alpha value is -2.69. The van der Waals surface area contributed by atoms with Gasteiger partial charge in [0.1, 0.15) is 5.82 Å². The number of likely N-dealkylation sites (tertiary alicyclic amines) is 1. The highest BCUT2D eigenvalue weighted by Gasteiger charge is 2.20. The minimum Gasteiger partial charge on any atom is -0.338 e. The average molecular weight is 397 g/mol. The van der Waals surface area contributed by atoms with Crippen molar-refractivity contribution in [2.24, 2.45) is 0 Å². The molecule has 2 amide bonds. The van der Waals surface area contributed by atoms with E-state index in [9.17, 15) is 14.0 Å². The molecule has 29 heavy (non-hydrogen) atoms. The first-order valence-corrected chi connectivity index (χ1v) is 10.5. The molecule has 0 spiro atoms. The second-order valence-corrected chi connectivity index (χ2v) is 7.68. The summed E-state index contributed by atoms with van der Waals surface area (Å²) in [6.07, 6.45) is 4.65. The van der Waals surface area contributed by atoms with Crippen LogP contribution in [0, 0.1) is 5.82 Å². The van der Waals surface area contributed by atoms with Crippen molar-refractivity contribution in [3.05, 3.63) is 71.0 Å². The van der Waals surface area contributed by atoms with Crippen LogP contribution in [0.2, 0.25) is 0 Å². The van der Waals surface area contributed by atoms with Crippen LogP contribution in [-0.4, -0.2) is 34.7 Å². The Morgan fingerprint density at radius 3 is 2.34 bits per heavy atom. The summed E-state index contributed by atoms with van der Waals surface area (Å²) in [5.74, 6) is -0.0922. The molecule has 1 saturated heterocycles. The van der Waals surface area contributed by atoms with Crippen LogP contribution in [-0.2, 0) is 17.9 Å². The average Bonchev–Trinajstić information content (AvgIpc) is 3.13. The number of halogens is 1. The number of unbranched alkanes of at least 4 members (excludes halogenated alkanes) is 2. The lowest BCUT2D eigenvalue weighted by atomic mass is 10.1. The van der Waals surface area contributed by atoms with E-state index in [4.69, 9.17) is 0 Å². The van der Waals surface area contributed by atoms with E-state index in [0.29, 0.717) is 31.6 Å². The van der Waals surface area contributed by atoms with E-state index >= 15 is 0 Å². The van der Waals surface area contributed by atoms with Gasteiger partial charge in [0.05, 0.1) is 0 Å². The second-order valence-electron chi connectivity index (χ2n) is 7.68. The van der Waals surface area contributed by atoms with Crippen LogP contribution in [0.3, 0.4) is 0 Å². The molecule has 0 bridgehead atoms. The van der Waals surface area contributed by atoms with E-state index in [0.717, 1.165) is 43.4 Å². The number of hydrogen-bond donors (Lipinski definition) is 0. The summed E-state index contributed by atoms with van der Waals surface area (Å²) in [6.45, 7) is 4.68. The molecule has 1 aliphatic heterocycles. The summed E-state index contributed by atoms with van der Waals surface area (Å²) in [5, 5.41) is 0. The maximum Gasteiger partial charge on any atom is 0.254 e. The van der Waals surface area contributed by atoms with Crippen molar-refractivity contribution >= 4 is 11.8 Å². The lowest BCUT2D eigenvalue weighted by Crippen LogP contribution is -2.31. The Morgan fingerprint density at radius 2 is 1.72 bits per heavy atom. The molecule has 154 valence electrons. The number of carbonyl (C=O) groups excluding carboxylic acids is 2. The van der Waals surface area contributed by atoms with Crippen LogP contribution in [0.25, 0.3) is 0 Å². The van der Waals surface area contributed by atoms with Crippen molar-refractivity contribution in [1.29, 1.82) is 0 Å². The summed E-state index contributed by atoms with van der Waals surface area (Å²) in [4.78, 5) is 28.6. The van der Waals surface area contributed by atoms with Gasteiger partial charge in [0.25, 0.3) is 5.91 Å². The maximum atomic E-state index is 13.2. The Labute approximate surface area is 172 Å². The van der Waals surface area contributed by atoms with Gasteiger partial charge in [-0.1, -0.05) is 44.0 Å². The van der Waals surface area contributed by atoms with Crippen molar-refractivity contribution in [1.82, 2.24) is 9.80 Å². The maximum absolute atomic E-state index is 13.2. The molecule has 4 nitrogen and oxygen atoms in total. The van der Waals surface area contributed by atoms with E-state index in [2.05, 4.69) is 6.92 Å². The molecular formula is C24H29FN2O2. The Balaban J connectivity index is 1.68. The molecule has 1 aliphatic rings. The number of hydrogen-bond acceptors (Lipinski definition) is 2. The van der Waals surface area contributed by atoms with E-state index < -0.39 is 0 Å². The number of nitrogens with zero attached hydrogens (tertiary/aromatic N) is 2. The topological polar surface area (TPSA) is 40.6 Å². The highest BCUT2D eigenvalue weighted by molar-refractivity contribution is 5.94. The molecule has 2 aromatic rings. The number of benzene rings is 2. The van der Waals surface area contributed by atoms with Crippen LogP contribution < -0.4 is 0 Å². The second kappa shape index (κ2) is 10.2. The molecule has 1 heterocycles. The molecule has 0 unspecified atom stereocenters. The fourth-order valence-electron chi connectivity index (χ4n) is 3.64. The third-order valence-electron chi connectivity index (χ3n) is 5.35. The molecule has 5 heteroatoms. The lowest BCUT2D eigenvalue weighted by molar-refractivity contribution is -0.128. The predicted octanol–water partition coefficient (Wildman–Crippen LogP) is 4.78. The molecule has 0 N–H and O–H groups in total. The number of amides is 2. The third kappa shape index (κ3) is 5.89. The van der Waals surface area contributed by atoms with Crippen molar-refractivity contribution in [2.45, 2.75) is 52.1 Å². The molecule has 0 radical (unpaired) electrons. The molecule has 1 fully saturated rings. The van der Waals surface area contributed by atoms with Gasteiger partial charge < -0.3 is 9.80 Å². The predicted molar refractivity (Wildman–Crippen MR) is 112 cm³/mol. The Kier molecular flexibility index (Phi) is 7.39. The quantitative estimate of drug-likeness (QED) is 0.572. The molecule has 0 saturated carbocycles. The van der Waals surface area contributed by atoms with Crippen LogP contribution in [0.15, 0.2) is 48.5 Å². The van der Waals surface area contributed by atoms with Crippen molar-refractivity contribution in [3.8, 4) is 0 Å². The molecule has 0 atom stereocenters. The molecular weight excluding hydrogens is 367 g/mol. The van der Waals surface area contributed by atoms with Crippen LogP contribution in [0.4, 0.5) is 4.39 Å². The van der Waals surface area contributed by atoms with Crippen molar-refractivity contribution < 1.29 is 14.0 Å². The summed E-state index contributed by atoms with van der Waals surface area (Å²) >= 11 is 0. The monoisotopic (exact) mass is 396 g/mol. The fourth-order valence-corrected chi connectivity index (χ4v) is 3.64. The smallest absolute Gasteiger partial charge is 0.254 e. The van der Waals surface area contributed by atoms with Crippen molar-refractivity contribution in [3.63, 3.8) is 0 Å². The summed E-state index contributed by atoms with van der Waals surface area (Å²) in [5.41, 5.74) is 2.59. The van der Waals surface area contributed by atoms with Gasteiger partial charge in [-0.3, -0.25) is 9.59 Å². The highest BCUT2D eigenvalue weighted by atomic mass is 19.1. The van der Waals surface area contributed by atoms with Gasteiger partial charge in [-0.15, -0.1) is 0 Å².